The fourth-order valence-corrected chi connectivity index (χ4v) is 2.69. The van der Waals surface area contributed by atoms with E-state index in [1.54, 1.807) is 12.1 Å². The number of phenols is 1. The van der Waals surface area contributed by atoms with E-state index in [0.717, 1.165) is 16.8 Å². The number of nitrogens with zero attached hydrogens (tertiary/aromatic N) is 3. The van der Waals surface area contributed by atoms with Crippen molar-refractivity contribution in [3.8, 4) is 11.5 Å². The molecule has 0 radical (unpaired) electrons. The number of aromatic hydroxyl groups is 1. The largest absolute Gasteiger partial charge is 0.507 e. The van der Waals surface area contributed by atoms with E-state index in [4.69, 9.17) is 4.74 Å². The predicted molar refractivity (Wildman–Crippen MR) is 116 cm³/mol. The number of azo groups is 1. The van der Waals surface area contributed by atoms with Crippen LogP contribution >= 0.6 is 0 Å². The maximum absolute atomic E-state index is 12.0. The molecule has 0 unspecified atom stereocenters. The van der Waals surface area contributed by atoms with Crippen molar-refractivity contribution in [2.45, 2.75) is 13.8 Å². The molecule has 3 aromatic rings. The molecule has 0 spiro atoms. The lowest BCUT2D eigenvalue weighted by atomic mass is 10.1. The number of hydrogen-bond donors (Lipinski definition) is 2. The van der Waals surface area contributed by atoms with Gasteiger partial charge >= 0.3 is 0 Å². The summed E-state index contributed by atoms with van der Waals surface area (Å²) in [5, 5.41) is 22.2. The zero-order chi connectivity index (χ0) is 21.3. The summed E-state index contributed by atoms with van der Waals surface area (Å²) < 4.78 is 5.59. The third-order valence-electron chi connectivity index (χ3n) is 4.20. The van der Waals surface area contributed by atoms with Gasteiger partial charge in [-0.3, -0.25) is 4.79 Å². The van der Waals surface area contributed by atoms with Crippen LogP contribution in [0, 0.1) is 13.8 Å². The predicted octanol–water partition coefficient (Wildman–Crippen LogP) is 4.95. The number of nitrogens with one attached hydrogen (secondary N) is 1. The van der Waals surface area contributed by atoms with Gasteiger partial charge in [0.15, 0.2) is 6.61 Å². The van der Waals surface area contributed by atoms with E-state index in [1.807, 2.05) is 62.4 Å². The number of para-hydroxylation sites is 1. The molecular weight excluding hydrogens is 380 g/mol. The molecule has 2 N–H and O–H groups in total. The molecule has 0 fully saturated rings. The van der Waals surface area contributed by atoms with Gasteiger partial charge in [-0.05, 0) is 55.3 Å². The molecule has 0 saturated heterocycles. The van der Waals surface area contributed by atoms with Gasteiger partial charge in [0.2, 0.25) is 0 Å². The number of benzene rings is 3. The Morgan fingerprint density at radius 1 is 0.967 bits per heavy atom. The first-order chi connectivity index (χ1) is 14.5. The van der Waals surface area contributed by atoms with E-state index >= 15 is 0 Å². The van der Waals surface area contributed by atoms with Crippen LogP contribution in [0.25, 0.3) is 0 Å². The number of rotatable bonds is 7. The normalized spacial score (nSPS) is 11.1. The Labute approximate surface area is 174 Å². The smallest absolute Gasteiger partial charge is 0.277 e. The molecule has 3 rings (SSSR count). The first-order valence-corrected chi connectivity index (χ1v) is 9.33. The summed E-state index contributed by atoms with van der Waals surface area (Å²) in [5.74, 6) is 0.289. The summed E-state index contributed by atoms with van der Waals surface area (Å²) >= 11 is 0. The topological polar surface area (TPSA) is 95.6 Å². The second-order valence-corrected chi connectivity index (χ2v) is 6.58. The van der Waals surface area contributed by atoms with Crippen molar-refractivity contribution >= 4 is 23.5 Å². The van der Waals surface area contributed by atoms with Crippen LogP contribution in [0.3, 0.4) is 0 Å². The van der Waals surface area contributed by atoms with E-state index < -0.39 is 5.91 Å². The average Bonchev–Trinajstić information content (AvgIpc) is 2.74. The van der Waals surface area contributed by atoms with Crippen LogP contribution in [0.1, 0.15) is 16.7 Å². The lowest BCUT2D eigenvalue weighted by Crippen LogP contribution is -2.25. The number of hydrazone groups is 1. The highest BCUT2D eigenvalue weighted by molar-refractivity contribution is 5.86. The maximum Gasteiger partial charge on any atom is 0.277 e. The first kappa shape index (κ1) is 20.7. The Balaban J connectivity index is 1.59. The standard InChI is InChI=1S/C23H22N4O3/c1-16-7-6-8-17(2)23(16)30-15-22(29)27-24-14-18-13-20(11-12-21(18)28)26-25-19-9-4-3-5-10-19/h3-14,28H,15H2,1-2H3,(H,27,29)/b24-14-,26-25?. The molecule has 30 heavy (non-hydrogen) atoms. The van der Waals surface area contributed by atoms with Crippen LogP contribution < -0.4 is 10.2 Å². The second kappa shape index (κ2) is 9.97. The monoisotopic (exact) mass is 402 g/mol. The number of carbonyl (C=O) groups excluding carboxylic acids is 1. The van der Waals surface area contributed by atoms with Gasteiger partial charge in [-0.2, -0.15) is 15.3 Å². The molecule has 7 nitrogen and oxygen atoms in total. The maximum atomic E-state index is 12.0. The zero-order valence-electron chi connectivity index (χ0n) is 16.7. The molecular formula is C23H22N4O3. The summed E-state index contributed by atoms with van der Waals surface area (Å²) in [6.07, 6.45) is 1.34. The van der Waals surface area contributed by atoms with Crippen molar-refractivity contribution in [2.75, 3.05) is 6.61 Å². The van der Waals surface area contributed by atoms with Crippen LogP contribution in [-0.2, 0) is 4.79 Å². The van der Waals surface area contributed by atoms with Crippen LogP contribution in [-0.4, -0.2) is 23.8 Å². The SMILES string of the molecule is Cc1cccc(C)c1OCC(=O)N/N=C\c1cc(N=Nc2ccccc2)ccc1O. The Morgan fingerprint density at radius 3 is 2.40 bits per heavy atom. The fourth-order valence-electron chi connectivity index (χ4n) is 2.69. The first-order valence-electron chi connectivity index (χ1n) is 9.33. The molecule has 0 aliphatic carbocycles. The van der Waals surface area contributed by atoms with E-state index in [2.05, 4.69) is 20.8 Å². The van der Waals surface area contributed by atoms with Crippen LogP contribution in [0.15, 0.2) is 82.1 Å². The third-order valence-corrected chi connectivity index (χ3v) is 4.20. The van der Waals surface area contributed by atoms with Gasteiger partial charge in [0.1, 0.15) is 11.5 Å². The van der Waals surface area contributed by atoms with Crippen molar-refractivity contribution in [3.63, 3.8) is 0 Å². The van der Waals surface area contributed by atoms with Crippen molar-refractivity contribution in [1.82, 2.24) is 5.43 Å². The number of ether oxygens (including phenoxy) is 1. The van der Waals surface area contributed by atoms with Crippen LogP contribution in [0.4, 0.5) is 11.4 Å². The number of carbonyl (C=O) groups is 1. The molecule has 7 heteroatoms. The fraction of sp³-hybridized carbons (Fsp3) is 0.130. The van der Waals surface area contributed by atoms with Crippen molar-refractivity contribution < 1.29 is 14.6 Å². The molecule has 0 aromatic heterocycles. The Bertz CT molecular complexity index is 1060. The molecule has 0 saturated carbocycles. The highest BCUT2D eigenvalue weighted by Crippen LogP contribution is 2.24. The summed E-state index contributed by atoms with van der Waals surface area (Å²) in [5.41, 5.74) is 5.96. The number of phenolic OH excluding ortho intramolecular Hbond substituents is 1. The molecule has 0 bridgehead atoms. The lowest BCUT2D eigenvalue weighted by molar-refractivity contribution is -0.123. The Morgan fingerprint density at radius 2 is 1.67 bits per heavy atom. The van der Waals surface area contributed by atoms with E-state index in [-0.39, 0.29) is 12.4 Å². The van der Waals surface area contributed by atoms with Gasteiger partial charge in [0.25, 0.3) is 5.91 Å². The summed E-state index contributed by atoms with van der Waals surface area (Å²) in [7, 11) is 0. The average molecular weight is 402 g/mol. The highest BCUT2D eigenvalue weighted by atomic mass is 16.5. The number of hydrogen-bond acceptors (Lipinski definition) is 6. The number of amides is 1. The summed E-state index contributed by atoms with van der Waals surface area (Å²) in [6, 6.07) is 19.8. The molecule has 152 valence electrons. The van der Waals surface area contributed by atoms with Gasteiger partial charge in [0.05, 0.1) is 17.6 Å². The van der Waals surface area contributed by atoms with Gasteiger partial charge in [0, 0.05) is 5.56 Å². The second-order valence-electron chi connectivity index (χ2n) is 6.58. The molecule has 0 aliphatic heterocycles. The molecule has 0 heterocycles. The van der Waals surface area contributed by atoms with Crippen molar-refractivity contribution in [3.05, 3.63) is 83.4 Å². The summed E-state index contributed by atoms with van der Waals surface area (Å²) in [6.45, 7) is 3.67. The molecule has 0 aliphatic rings. The van der Waals surface area contributed by atoms with Crippen LogP contribution in [0.5, 0.6) is 11.5 Å². The Hall–Kier alpha value is -4.00. The quantitative estimate of drug-likeness (QED) is 0.332. The molecule has 0 atom stereocenters. The third kappa shape index (κ3) is 5.75. The van der Waals surface area contributed by atoms with Crippen molar-refractivity contribution in [1.29, 1.82) is 0 Å². The summed E-state index contributed by atoms with van der Waals surface area (Å²) in [4.78, 5) is 12.0. The van der Waals surface area contributed by atoms with Gasteiger partial charge in [-0.25, -0.2) is 5.43 Å². The van der Waals surface area contributed by atoms with Gasteiger partial charge in [-0.1, -0.05) is 36.4 Å². The lowest BCUT2D eigenvalue weighted by Gasteiger charge is -2.10. The highest BCUT2D eigenvalue weighted by Gasteiger charge is 2.07. The van der Waals surface area contributed by atoms with Crippen LogP contribution in [0.2, 0.25) is 0 Å². The van der Waals surface area contributed by atoms with E-state index in [1.165, 1.54) is 12.3 Å². The minimum Gasteiger partial charge on any atom is -0.507 e. The molecule has 3 aromatic carbocycles. The minimum absolute atomic E-state index is 0.0124. The molecule has 1 amide bonds. The van der Waals surface area contributed by atoms with E-state index in [9.17, 15) is 9.90 Å². The van der Waals surface area contributed by atoms with Crippen molar-refractivity contribution in [2.24, 2.45) is 15.3 Å². The zero-order valence-corrected chi connectivity index (χ0v) is 16.7. The number of aryl methyl sites for hydroxylation is 2. The van der Waals surface area contributed by atoms with E-state index in [0.29, 0.717) is 17.0 Å². The van der Waals surface area contributed by atoms with Gasteiger partial charge in [-0.15, -0.1) is 0 Å². The minimum atomic E-state index is -0.409. The Kier molecular flexibility index (Phi) is 6.89. The van der Waals surface area contributed by atoms with Gasteiger partial charge < -0.3 is 9.84 Å².